The molecule has 1 aromatic heterocycles. The lowest BCUT2D eigenvalue weighted by molar-refractivity contribution is 0.299. The number of hydrogen-bond acceptors (Lipinski definition) is 3. The average Bonchev–Trinajstić information content (AvgIpc) is 2.53. The predicted octanol–water partition coefficient (Wildman–Crippen LogP) is 3.12. The van der Waals surface area contributed by atoms with Crippen LogP contribution >= 0.6 is 11.3 Å². The van der Waals surface area contributed by atoms with Crippen molar-refractivity contribution in [3.05, 3.63) is 16.1 Å². The van der Waals surface area contributed by atoms with E-state index in [1.807, 2.05) is 0 Å². The molecule has 84 valence electrons. The van der Waals surface area contributed by atoms with Crippen molar-refractivity contribution in [3.8, 4) is 0 Å². The second kappa shape index (κ2) is 5.61. The van der Waals surface area contributed by atoms with Gasteiger partial charge in [-0.1, -0.05) is 25.7 Å². The van der Waals surface area contributed by atoms with Gasteiger partial charge in [-0.2, -0.15) is 0 Å². The minimum Gasteiger partial charge on any atom is -0.396 e. The van der Waals surface area contributed by atoms with E-state index in [0.29, 0.717) is 5.92 Å². The van der Waals surface area contributed by atoms with Gasteiger partial charge in [0.15, 0.2) is 0 Å². The molecule has 1 aromatic rings. The molecular formula is C12H19NOS. The molecule has 1 heterocycles. The Hall–Kier alpha value is -0.410. The minimum absolute atomic E-state index is 0.220. The average molecular weight is 225 g/mol. The topological polar surface area (TPSA) is 33.1 Å². The molecule has 0 aromatic carbocycles. The summed E-state index contributed by atoms with van der Waals surface area (Å²) in [5, 5.41) is 12.1. The Morgan fingerprint density at radius 1 is 1.27 bits per heavy atom. The summed E-state index contributed by atoms with van der Waals surface area (Å²) in [5.41, 5.74) is 1.28. The Labute approximate surface area is 95.4 Å². The highest BCUT2D eigenvalue weighted by Crippen LogP contribution is 2.32. The molecule has 0 atom stereocenters. The molecule has 0 bridgehead atoms. The van der Waals surface area contributed by atoms with Gasteiger partial charge in [0.2, 0.25) is 0 Å². The van der Waals surface area contributed by atoms with Crippen LogP contribution in [-0.4, -0.2) is 16.7 Å². The molecule has 0 amide bonds. The Bertz CT molecular complexity index is 290. The van der Waals surface area contributed by atoms with Crippen LogP contribution in [0.1, 0.15) is 55.1 Å². The first-order valence-electron chi connectivity index (χ1n) is 5.95. The summed E-state index contributed by atoms with van der Waals surface area (Å²) in [4.78, 5) is 4.62. The maximum atomic E-state index is 8.85. The largest absolute Gasteiger partial charge is 0.396 e. The van der Waals surface area contributed by atoms with Crippen molar-refractivity contribution >= 4 is 11.3 Å². The highest BCUT2D eigenvalue weighted by molar-refractivity contribution is 7.09. The first kappa shape index (κ1) is 11.1. The van der Waals surface area contributed by atoms with Crippen LogP contribution < -0.4 is 0 Å². The van der Waals surface area contributed by atoms with Gasteiger partial charge in [0.1, 0.15) is 0 Å². The van der Waals surface area contributed by atoms with Crippen LogP contribution in [0.3, 0.4) is 0 Å². The van der Waals surface area contributed by atoms with Gasteiger partial charge in [0.25, 0.3) is 0 Å². The molecule has 0 saturated heterocycles. The second-order valence-corrected chi connectivity index (χ2v) is 5.27. The number of aliphatic hydroxyl groups excluding tert-OH is 1. The van der Waals surface area contributed by atoms with E-state index < -0.39 is 0 Å². The number of nitrogens with zero attached hydrogens (tertiary/aromatic N) is 1. The van der Waals surface area contributed by atoms with Crippen LogP contribution in [0.5, 0.6) is 0 Å². The SMILES string of the molecule is OCCc1nc(C2CCCCCC2)cs1. The van der Waals surface area contributed by atoms with Gasteiger partial charge in [0.05, 0.1) is 10.7 Å². The van der Waals surface area contributed by atoms with E-state index in [0.717, 1.165) is 11.4 Å². The first-order chi connectivity index (χ1) is 7.40. The molecule has 15 heavy (non-hydrogen) atoms. The normalized spacial score (nSPS) is 19.0. The summed E-state index contributed by atoms with van der Waals surface area (Å²) in [7, 11) is 0. The lowest BCUT2D eigenvalue weighted by Gasteiger charge is -2.10. The maximum Gasteiger partial charge on any atom is 0.0951 e. The highest BCUT2D eigenvalue weighted by Gasteiger charge is 2.16. The predicted molar refractivity (Wildman–Crippen MR) is 63.3 cm³/mol. The third-order valence-corrected chi connectivity index (χ3v) is 4.10. The van der Waals surface area contributed by atoms with E-state index in [9.17, 15) is 0 Å². The van der Waals surface area contributed by atoms with E-state index in [4.69, 9.17) is 5.11 Å². The Morgan fingerprint density at radius 2 is 2.00 bits per heavy atom. The third-order valence-electron chi connectivity index (χ3n) is 3.17. The van der Waals surface area contributed by atoms with E-state index >= 15 is 0 Å². The Kier molecular flexibility index (Phi) is 4.15. The molecule has 2 rings (SSSR count). The van der Waals surface area contributed by atoms with Crippen LogP contribution in [0, 0.1) is 0 Å². The van der Waals surface area contributed by atoms with Crippen molar-refractivity contribution in [2.75, 3.05) is 6.61 Å². The van der Waals surface area contributed by atoms with Gasteiger partial charge < -0.3 is 5.11 Å². The van der Waals surface area contributed by atoms with Crippen LogP contribution in [0.15, 0.2) is 5.38 Å². The van der Waals surface area contributed by atoms with Crippen molar-refractivity contribution in [2.45, 2.75) is 50.9 Å². The summed E-state index contributed by atoms with van der Waals surface area (Å²) in [6.07, 6.45) is 8.84. The number of rotatable bonds is 3. The smallest absolute Gasteiger partial charge is 0.0951 e. The fourth-order valence-corrected chi connectivity index (χ4v) is 3.17. The molecule has 1 fully saturated rings. The lowest BCUT2D eigenvalue weighted by atomic mass is 9.98. The third kappa shape index (κ3) is 3.02. The quantitative estimate of drug-likeness (QED) is 0.802. The van der Waals surface area contributed by atoms with Crippen LogP contribution in [0.2, 0.25) is 0 Å². The second-order valence-electron chi connectivity index (χ2n) is 4.33. The Balaban J connectivity index is 2.00. The number of aromatic nitrogens is 1. The first-order valence-corrected chi connectivity index (χ1v) is 6.83. The summed E-state index contributed by atoms with van der Waals surface area (Å²) in [6, 6.07) is 0. The van der Waals surface area contributed by atoms with Gasteiger partial charge in [-0.25, -0.2) is 4.98 Å². The summed E-state index contributed by atoms with van der Waals surface area (Å²) in [6.45, 7) is 0.220. The standard InChI is InChI=1S/C12H19NOS/c14-8-7-12-13-11(9-15-12)10-5-3-1-2-4-6-10/h9-10,14H,1-8H2. The molecular weight excluding hydrogens is 206 g/mol. The van der Waals surface area contributed by atoms with Gasteiger partial charge in [-0.3, -0.25) is 0 Å². The van der Waals surface area contributed by atoms with Crippen molar-refractivity contribution in [2.24, 2.45) is 0 Å². The summed E-state index contributed by atoms with van der Waals surface area (Å²) in [5.74, 6) is 0.691. The molecule has 0 aliphatic heterocycles. The number of thiazole rings is 1. The van der Waals surface area contributed by atoms with Crippen LogP contribution in [-0.2, 0) is 6.42 Å². The van der Waals surface area contributed by atoms with Crippen molar-refractivity contribution in [3.63, 3.8) is 0 Å². The number of aliphatic hydroxyl groups is 1. The van der Waals surface area contributed by atoms with Gasteiger partial charge in [0, 0.05) is 24.3 Å². The van der Waals surface area contributed by atoms with E-state index in [1.165, 1.54) is 44.2 Å². The van der Waals surface area contributed by atoms with Crippen molar-refractivity contribution in [1.82, 2.24) is 4.98 Å². The van der Waals surface area contributed by atoms with E-state index in [1.54, 1.807) is 11.3 Å². The zero-order valence-corrected chi connectivity index (χ0v) is 9.93. The van der Waals surface area contributed by atoms with Gasteiger partial charge in [-0.05, 0) is 12.8 Å². The molecule has 1 N–H and O–H groups in total. The molecule has 2 nitrogen and oxygen atoms in total. The van der Waals surface area contributed by atoms with Gasteiger partial charge in [-0.15, -0.1) is 11.3 Å². The van der Waals surface area contributed by atoms with Crippen molar-refractivity contribution < 1.29 is 5.11 Å². The maximum absolute atomic E-state index is 8.85. The molecule has 0 unspecified atom stereocenters. The molecule has 0 radical (unpaired) electrons. The summed E-state index contributed by atoms with van der Waals surface area (Å²) >= 11 is 1.70. The zero-order chi connectivity index (χ0) is 10.5. The fraction of sp³-hybridized carbons (Fsp3) is 0.750. The fourth-order valence-electron chi connectivity index (χ4n) is 2.30. The van der Waals surface area contributed by atoms with Crippen molar-refractivity contribution in [1.29, 1.82) is 0 Å². The van der Waals surface area contributed by atoms with E-state index in [2.05, 4.69) is 10.4 Å². The van der Waals surface area contributed by atoms with Crippen LogP contribution in [0.25, 0.3) is 0 Å². The molecule has 1 aliphatic rings. The Morgan fingerprint density at radius 3 is 2.67 bits per heavy atom. The summed E-state index contributed by atoms with van der Waals surface area (Å²) < 4.78 is 0. The minimum atomic E-state index is 0.220. The van der Waals surface area contributed by atoms with Crippen LogP contribution in [0.4, 0.5) is 0 Å². The lowest BCUT2D eigenvalue weighted by Crippen LogP contribution is -1.98. The molecule has 1 aliphatic carbocycles. The van der Waals surface area contributed by atoms with E-state index in [-0.39, 0.29) is 6.61 Å². The number of hydrogen-bond donors (Lipinski definition) is 1. The monoisotopic (exact) mass is 225 g/mol. The molecule has 3 heteroatoms. The zero-order valence-electron chi connectivity index (χ0n) is 9.11. The molecule has 0 spiro atoms. The molecule has 1 saturated carbocycles. The highest BCUT2D eigenvalue weighted by atomic mass is 32.1. The van der Waals surface area contributed by atoms with Gasteiger partial charge >= 0.3 is 0 Å².